The summed E-state index contributed by atoms with van der Waals surface area (Å²) in [7, 11) is -1.09. The van der Waals surface area contributed by atoms with E-state index in [0.717, 1.165) is 41.9 Å². The third-order valence-corrected chi connectivity index (χ3v) is 6.05. The fourth-order valence-electron chi connectivity index (χ4n) is 2.88. The molecule has 0 atom stereocenters. The van der Waals surface area contributed by atoms with E-state index in [2.05, 4.69) is 4.98 Å². The first-order chi connectivity index (χ1) is 11.5. The lowest BCUT2D eigenvalue weighted by atomic mass is 10.2. The van der Waals surface area contributed by atoms with Gasteiger partial charge in [-0.15, -0.1) is 0 Å². The van der Waals surface area contributed by atoms with Crippen LogP contribution in [0.15, 0.2) is 24.5 Å². The van der Waals surface area contributed by atoms with E-state index in [1.807, 2.05) is 24.1 Å². The number of hydrogen-bond donors (Lipinski definition) is 0. The summed E-state index contributed by atoms with van der Waals surface area (Å²) in [4.78, 5) is 15.5. The van der Waals surface area contributed by atoms with E-state index in [-0.39, 0.29) is 11.5 Å². The maximum atomic E-state index is 11.8. The molecule has 2 aromatic heterocycles. The second kappa shape index (κ2) is 6.84. The van der Waals surface area contributed by atoms with Gasteiger partial charge in [0.15, 0.2) is 15.7 Å². The minimum Gasteiger partial charge on any atom is -0.358 e. The Morgan fingerprint density at radius 1 is 1.25 bits per heavy atom. The van der Waals surface area contributed by atoms with E-state index >= 15 is 0 Å². The van der Waals surface area contributed by atoms with E-state index in [1.165, 1.54) is 0 Å². The van der Waals surface area contributed by atoms with Gasteiger partial charge in [-0.3, -0.25) is 4.98 Å². The van der Waals surface area contributed by atoms with Crippen LogP contribution in [0.4, 0.5) is 5.82 Å². The topological polar surface area (TPSA) is 76.1 Å². The summed E-state index contributed by atoms with van der Waals surface area (Å²) in [6.07, 6.45) is 6.43. The minimum atomic E-state index is -2.99. The summed E-state index contributed by atoms with van der Waals surface area (Å²) in [5.41, 5.74) is 3.10. The Kier molecular flexibility index (Phi) is 4.80. The molecular weight excluding hydrogens is 324 g/mol. The van der Waals surface area contributed by atoms with Crippen molar-refractivity contribution >= 4 is 15.7 Å². The molecule has 0 unspecified atom stereocenters. The van der Waals surface area contributed by atoms with Gasteiger partial charge in [0.25, 0.3) is 0 Å². The molecule has 24 heavy (non-hydrogen) atoms. The molecule has 0 bridgehead atoms. The lowest BCUT2D eigenvalue weighted by Gasteiger charge is -2.21. The first kappa shape index (κ1) is 16.8. The van der Waals surface area contributed by atoms with Gasteiger partial charge >= 0.3 is 0 Å². The van der Waals surface area contributed by atoms with E-state index < -0.39 is 9.84 Å². The van der Waals surface area contributed by atoms with Gasteiger partial charge < -0.3 is 4.90 Å². The Hall–Kier alpha value is -2.02. The minimum absolute atomic E-state index is 0.140. The molecule has 2 aromatic rings. The maximum absolute atomic E-state index is 11.8. The third kappa shape index (κ3) is 3.56. The van der Waals surface area contributed by atoms with Crippen molar-refractivity contribution in [1.29, 1.82) is 0 Å². The number of aryl methyl sites for hydroxylation is 1. The van der Waals surface area contributed by atoms with Gasteiger partial charge in [-0.2, -0.15) is 0 Å². The molecule has 0 amide bonds. The molecule has 1 aliphatic rings. The van der Waals surface area contributed by atoms with Crippen molar-refractivity contribution in [3.05, 3.63) is 35.8 Å². The number of aromatic nitrogens is 3. The first-order valence-electron chi connectivity index (χ1n) is 8.22. The molecule has 0 radical (unpaired) electrons. The highest BCUT2D eigenvalue weighted by atomic mass is 32.2. The van der Waals surface area contributed by atoms with Crippen molar-refractivity contribution < 1.29 is 8.42 Å². The number of hydrogen-bond acceptors (Lipinski definition) is 6. The number of pyridine rings is 1. The van der Waals surface area contributed by atoms with Gasteiger partial charge in [0, 0.05) is 48.6 Å². The zero-order chi connectivity index (χ0) is 17.2. The molecule has 3 rings (SSSR count). The number of anilines is 1. The molecule has 0 saturated heterocycles. The zero-order valence-electron chi connectivity index (χ0n) is 14.1. The highest BCUT2D eigenvalue weighted by Crippen LogP contribution is 2.30. The van der Waals surface area contributed by atoms with Crippen LogP contribution in [-0.2, 0) is 22.7 Å². The Labute approximate surface area is 142 Å². The van der Waals surface area contributed by atoms with Gasteiger partial charge in [-0.25, -0.2) is 18.4 Å². The monoisotopic (exact) mass is 346 g/mol. The van der Waals surface area contributed by atoms with E-state index in [0.29, 0.717) is 12.4 Å². The Bertz CT molecular complexity index is 822. The van der Waals surface area contributed by atoms with Crippen molar-refractivity contribution in [2.75, 3.05) is 30.0 Å². The van der Waals surface area contributed by atoms with Crippen LogP contribution in [-0.4, -0.2) is 48.5 Å². The lowest BCUT2D eigenvalue weighted by molar-refractivity contribution is 0.596. The largest absolute Gasteiger partial charge is 0.358 e. The van der Waals surface area contributed by atoms with Crippen molar-refractivity contribution in [3.8, 4) is 11.4 Å². The fraction of sp³-hybridized carbons (Fsp3) is 0.471. The van der Waals surface area contributed by atoms with Gasteiger partial charge in [-0.1, -0.05) is 6.92 Å². The molecular formula is C17H22N4O2S. The van der Waals surface area contributed by atoms with Crippen LogP contribution in [0.3, 0.4) is 0 Å². The summed E-state index contributed by atoms with van der Waals surface area (Å²) in [5, 5.41) is 0. The Balaban J connectivity index is 1.93. The van der Waals surface area contributed by atoms with Gasteiger partial charge in [-0.05, 0) is 31.4 Å². The predicted molar refractivity (Wildman–Crippen MR) is 94.9 cm³/mol. The molecule has 0 N–H and O–H groups in total. The molecule has 0 aliphatic heterocycles. The molecule has 0 aromatic carbocycles. The van der Waals surface area contributed by atoms with Crippen molar-refractivity contribution in [2.45, 2.75) is 26.2 Å². The Morgan fingerprint density at radius 2 is 2.08 bits per heavy atom. The van der Waals surface area contributed by atoms with Gasteiger partial charge in [0.1, 0.15) is 5.82 Å². The van der Waals surface area contributed by atoms with Crippen LogP contribution in [0, 0.1) is 0 Å². The molecule has 6 nitrogen and oxygen atoms in total. The first-order valence-corrected chi connectivity index (χ1v) is 10.0. The predicted octanol–water partition coefficient (Wildman–Crippen LogP) is 1.90. The van der Waals surface area contributed by atoms with Crippen LogP contribution in [0.5, 0.6) is 0 Å². The van der Waals surface area contributed by atoms with Crippen molar-refractivity contribution in [1.82, 2.24) is 15.0 Å². The second-order valence-corrected chi connectivity index (χ2v) is 8.52. The maximum Gasteiger partial charge on any atom is 0.163 e. The molecule has 1 aliphatic carbocycles. The van der Waals surface area contributed by atoms with Gasteiger partial charge in [0.05, 0.1) is 5.75 Å². The van der Waals surface area contributed by atoms with Crippen LogP contribution in [0.1, 0.15) is 24.6 Å². The molecule has 2 heterocycles. The fourth-order valence-corrected chi connectivity index (χ4v) is 3.72. The average Bonchev–Trinajstić information content (AvgIpc) is 3.08. The number of nitrogens with zero attached hydrogens (tertiary/aromatic N) is 4. The summed E-state index contributed by atoms with van der Waals surface area (Å²) < 4.78 is 23.6. The van der Waals surface area contributed by atoms with E-state index in [9.17, 15) is 8.42 Å². The number of rotatable bonds is 6. The SMILES string of the molecule is CCS(=O)(=O)CCN(C)c1nc(-c2cccnc2)nc2c1CCC2. The molecule has 0 fully saturated rings. The smallest absolute Gasteiger partial charge is 0.163 e. The third-order valence-electron chi connectivity index (χ3n) is 4.37. The van der Waals surface area contributed by atoms with Crippen LogP contribution >= 0.6 is 0 Å². The van der Waals surface area contributed by atoms with Crippen LogP contribution in [0.25, 0.3) is 11.4 Å². The standard InChI is InChI=1S/C17H22N4O2S/c1-3-24(22,23)11-10-21(2)17-14-7-4-8-15(14)19-16(20-17)13-6-5-9-18-12-13/h5-6,9,12H,3-4,7-8,10-11H2,1-2H3. The highest BCUT2D eigenvalue weighted by Gasteiger charge is 2.22. The van der Waals surface area contributed by atoms with Crippen molar-refractivity contribution in [3.63, 3.8) is 0 Å². The quantitative estimate of drug-likeness (QED) is 0.795. The van der Waals surface area contributed by atoms with Crippen LogP contribution < -0.4 is 4.90 Å². The Morgan fingerprint density at radius 3 is 2.79 bits per heavy atom. The highest BCUT2D eigenvalue weighted by molar-refractivity contribution is 7.91. The average molecular weight is 346 g/mol. The lowest BCUT2D eigenvalue weighted by Crippen LogP contribution is -2.28. The van der Waals surface area contributed by atoms with E-state index in [1.54, 1.807) is 19.3 Å². The summed E-state index contributed by atoms with van der Waals surface area (Å²) in [6, 6.07) is 3.80. The molecule has 0 spiro atoms. The van der Waals surface area contributed by atoms with Gasteiger partial charge in [0.2, 0.25) is 0 Å². The van der Waals surface area contributed by atoms with E-state index in [4.69, 9.17) is 9.97 Å². The molecule has 0 saturated carbocycles. The summed E-state index contributed by atoms with van der Waals surface area (Å²) >= 11 is 0. The molecule has 7 heteroatoms. The van der Waals surface area contributed by atoms with Crippen molar-refractivity contribution in [2.24, 2.45) is 0 Å². The molecule has 128 valence electrons. The summed E-state index contributed by atoms with van der Waals surface area (Å²) in [5.74, 6) is 1.82. The van der Waals surface area contributed by atoms with Crippen LogP contribution in [0.2, 0.25) is 0 Å². The second-order valence-electron chi connectivity index (χ2n) is 6.05. The normalized spacial score (nSPS) is 13.8. The number of fused-ring (bicyclic) bond motifs is 1. The zero-order valence-corrected chi connectivity index (χ0v) is 14.9. The number of sulfone groups is 1. The summed E-state index contributed by atoms with van der Waals surface area (Å²) in [6.45, 7) is 2.12.